The highest BCUT2D eigenvalue weighted by atomic mass is 32.1. The molecule has 0 radical (unpaired) electrons. The molecule has 0 fully saturated rings. The topological polar surface area (TPSA) is 49.3 Å². The molecule has 1 aromatic heterocycles. The van der Waals surface area contributed by atoms with Gasteiger partial charge in [0.05, 0.1) is 10.7 Å². The highest BCUT2D eigenvalue weighted by Gasteiger charge is 2.03. The Labute approximate surface area is 113 Å². The van der Waals surface area contributed by atoms with Gasteiger partial charge in [0, 0.05) is 30.9 Å². The zero-order valence-corrected chi connectivity index (χ0v) is 12.2. The van der Waals surface area contributed by atoms with Crippen molar-refractivity contribution in [1.82, 2.24) is 15.6 Å². The fraction of sp³-hybridized carbons (Fsp3) is 0.538. The zero-order valence-electron chi connectivity index (χ0n) is 11.4. The van der Waals surface area contributed by atoms with Gasteiger partial charge >= 0.3 is 0 Å². The molecule has 0 saturated carbocycles. The third-order valence-electron chi connectivity index (χ3n) is 2.43. The average molecular weight is 266 g/mol. The van der Waals surface area contributed by atoms with Crippen molar-refractivity contribution >= 4 is 17.3 Å². The van der Waals surface area contributed by atoms with Gasteiger partial charge in [-0.25, -0.2) is 4.98 Å². The van der Waals surface area contributed by atoms with E-state index in [4.69, 9.17) is 0 Å². The zero-order chi connectivity index (χ0) is 13.4. The van der Waals surface area contributed by atoms with E-state index in [1.54, 1.807) is 11.3 Å². The second-order valence-electron chi connectivity index (χ2n) is 3.93. The van der Waals surface area contributed by atoms with Crippen LogP contribution < -0.4 is 10.6 Å². The number of rotatable bonds is 6. The summed E-state index contributed by atoms with van der Waals surface area (Å²) in [6.45, 7) is 12.2. The average Bonchev–Trinajstić information content (AvgIpc) is 2.65. The van der Waals surface area contributed by atoms with E-state index in [9.17, 15) is 0 Å². The van der Waals surface area contributed by atoms with E-state index < -0.39 is 0 Å². The molecule has 0 amide bonds. The van der Waals surface area contributed by atoms with Crippen molar-refractivity contribution in [2.45, 2.75) is 27.2 Å². The Morgan fingerprint density at radius 2 is 2.22 bits per heavy atom. The number of hydrogen-bond donors (Lipinski definition) is 2. The standard InChI is InChI=1S/C13H22N4S/c1-5-8-15-13(14-6-2)16-9-7-12-17-10(3)11(4)18-12/h5H,1,6-9H2,2-4H3,(H2,14,15,16). The van der Waals surface area contributed by atoms with Gasteiger partial charge in [-0.1, -0.05) is 6.08 Å². The summed E-state index contributed by atoms with van der Waals surface area (Å²) in [7, 11) is 0. The molecular formula is C13H22N4S. The van der Waals surface area contributed by atoms with Crippen molar-refractivity contribution < 1.29 is 0 Å². The van der Waals surface area contributed by atoms with Gasteiger partial charge in [-0.15, -0.1) is 17.9 Å². The first-order valence-electron chi connectivity index (χ1n) is 6.23. The van der Waals surface area contributed by atoms with Gasteiger partial charge in [-0.2, -0.15) is 0 Å². The number of nitrogens with one attached hydrogen (secondary N) is 2. The number of aryl methyl sites for hydroxylation is 2. The van der Waals surface area contributed by atoms with E-state index >= 15 is 0 Å². The molecule has 1 heterocycles. The first-order chi connectivity index (χ1) is 8.67. The minimum atomic E-state index is 0.724. The normalized spacial score (nSPS) is 11.4. The van der Waals surface area contributed by atoms with Crippen molar-refractivity contribution in [3.8, 4) is 0 Å². The molecule has 0 aliphatic rings. The molecule has 100 valence electrons. The molecule has 0 saturated heterocycles. The lowest BCUT2D eigenvalue weighted by atomic mass is 10.4. The summed E-state index contributed by atoms with van der Waals surface area (Å²) < 4.78 is 0. The Morgan fingerprint density at radius 3 is 2.78 bits per heavy atom. The van der Waals surface area contributed by atoms with Crippen LogP contribution in [0, 0.1) is 13.8 Å². The molecule has 18 heavy (non-hydrogen) atoms. The fourth-order valence-corrected chi connectivity index (χ4v) is 2.34. The number of aliphatic imine (C=N–C) groups is 1. The Morgan fingerprint density at radius 1 is 1.44 bits per heavy atom. The molecule has 0 bridgehead atoms. The molecule has 1 aromatic rings. The summed E-state index contributed by atoms with van der Waals surface area (Å²) >= 11 is 1.76. The monoisotopic (exact) mass is 266 g/mol. The summed E-state index contributed by atoms with van der Waals surface area (Å²) in [4.78, 5) is 10.3. The predicted molar refractivity (Wildman–Crippen MR) is 79.5 cm³/mol. The molecule has 5 heteroatoms. The Bertz CT molecular complexity index is 390. The van der Waals surface area contributed by atoms with Crippen molar-refractivity contribution in [2.24, 2.45) is 4.99 Å². The largest absolute Gasteiger partial charge is 0.357 e. The third-order valence-corrected chi connectivity index (χ3v) is 3.56. The Kier molecular flexibility index (Phi) is 6.43. The smallest absolute Gasteiger partial charge is 0.191 e. The van der Waals surface area contributed by atoms with E-state index in [0.717, 1.165) is 42.7 Å². The lowest BCUT2D eigenvalue weighted by Crippen LogP contribution is -2.37. The lowest BCUT2D eigenvalue weighted by Gasteiger charge is -2.08. The van der Waals surface area contributed by atoms with E-state index in [1.165, 1.54) is 4.88 Å². The summed E-state index contributed by atoms with van der Waals surface area (Å²) in [5.74, 6) is 0.836. The quantitative estimate of drug-likeness (QED) is 0.471. The molecule has 0 aromatic carbocycles. The molecule has 0 aliphatic carbocycles. The molecular weight excluding hydrogens is 244 g/mol. The number of nitrogens with zero attached hydrogens (tertiary/aromatic N) is 2. The maximum atomic E-state index is 4.51. The van der Waals surface area contributed by atoms with Gasteiger partial charge in [0.2, 0.25) is 0 Å². The van der Waals surface area contributed by atoms with Crippen LogP contribution in [0.4, 0.5) is 0 Å². The van der Waals surface area contributed by atoms with Crippen molar-refractivity contribution in [2.75, 3.05) is 19.6 Å². The van der Waals surface area contributed by atoms with Crippen molar-refractivity contribution in [3.05, 3.63) is 28.2 Å². The van der Waals surface area contributed by atoms with E-state index in [1.807, 2.05) is 13.0 Å². The SMILES string of the molecule is C=CCNC(=NCCc1nc(C)c(C)s1)NCC. The van der Waals surface area contributed by atoms with Gasteiger partial charge in [0.15, 0.2) is 5.96 Å². The summed E-state index contributed by atoms with van der Waals surface area (Å²) in [5, 5.41) is 7.53. The van der Waals surface area contributed by atoms with Crippen LogP contribution in [-0.4, -0.2) is 30.6 Å². The highest BCUT2D eigenvalue weighted by Crippen LogP contribution is 2.16. The van der Waals surface area contributed by atoms with Crippen LogP contribution in [0.25, 0.3) is 0 Å². The number of guanidine groups is 1. The van der Waals surface area contributed by atoms with Crippen LogP contribution in [0.5, 0.6) is 0 Å². The van der Waals surface area contributed by atoms with Gasteiger partial charge < -0.3 is 10.6 Å². The molecule has 0 aliphatic heterocycles. The van der Waals surface area contributed by atoms with E-state index in [-0.39, 0.29) is 0 Å². The van der Waals surface area contributed by atoms with Crippen LogP contribution in [0.1, 0.15) is 22.5 Å². The van der Waals surface area contributed by atoms with E-state index in [0.29, 0.717) is 0 Å². The van der Waals surface area contributed by atoms with Crippen molar-refractivity contribution in [3.63, 3.8) is 0 Å². The van der Waals surface area contributed by atoms with Gasteiger partial charge in [-0.3, -0.25) is 4.99 Å². The Hall–Kier alpha value is -1.36. The van der Waals surface area contributed by atoms with Crippen LogP contribution in [0.15, 0.2) is 17.6 Å². The maximum Gasteiger partial charge on any atom is 0.191 e. The molecule has 0 unspecified atom stereocenters. The number of thiazole rings is 1. The van der Waals surface area contributed by atoms with Gasteiger partial charge in [0.25, 0.3) is 0 Å². The lowest BCUT2D eigenvalue weighted by molar-refractivity contribution is 0.848. The molecule has 1 rings (SSSR count). The van der Waals surface area contributed by atoms with Crippen LogP contribution in [0.3, 0.4) is 0 Å². The van der Waals surface area contributed by atoms with Crippen LogP contribution >= 0.6 is 11.3 Å². The van der Waals surface area contributed by atoms with Crippen LogP contribution in [-0.2, 0) is 6.42 Å². The highest BCUT2D eigenvalue weighted by molar-refractivity contribution is 7.11. The third kappa shape index (κ3) is 4.87. The molecule has 0 atom stereocenters. The van der Waals surface area contributed by atoms with Crippen LogP contribution in [0.2, 0.25) is 0 Å². The Balaban J connectivity index is 2.46. The molecule has 0 spiro atoms. The first kappa shape index (κ1) is 14.7. The molecule has 2 N–H and O–H groups in total. The first-order valence-corrected chi connectivity index (χ1v) is 7.05. The van der Waals surface area contributed by atoms with Gasteiger partial charge in [-0.05, 0) is 20.8 Å². The second-order valence-corrected chi connectivity index (χ2v) is 5.22. The minimum absolute atomic E-state index is 0.724. The summed E-state index contributed by atoms with van der Waals surface area (Å²) in [5.41, 5.74) is 1.13. The van der Waals surface area contributed by atoms with E-state index in [2.05, 4.69) is 41.0 Å². The minimum Gasteiger partial charge on any atom is -0.357 e. The number of aromatic nitrogens is 1. The maximum absolute atomic E-state index is 4.51. The summed E-state index contributed by atoms with van der Waals surface area (Å²) in [6.07, 6.45) is 2.71. The number of hydrogen-bond acceptors (Lipinski definition) is 3. The summed E-state index contributed by atoms with van der Waals surface area (Å²) in [6, 6.07) is 0. The second kappa shape index (κ2) is 7.87. The molecule has 4 nitrogen and oxygen atoms in total. The van der Waals surface area contributed by atoms with Crippen molar-refractivity contribution in [1.29, 1.82) is 0 Å². The van der Waals surface area contributed by atoms with Gasteiger partial charge in [0.1, 0.15) is 0 Å². The predicted octanol–water partition coefficient (Wildman–Crippen LogP) is 2.04. The fourth-order valence-electron chi connectivity index (χ4n) is 1.42.